The number of piperazine rings is 1. The van der Waals surface area contributed by atoms with Crippen molar-refractivity contribution >= 4 is 16.8 Å². The number of hydrogen-bond donors (Lipinski definition) is 1. The van der Waals surface area contributed by atoms with Crippen LogP contribution in [0.1, 0.15) is 16.1 Å². The van der Waals surface area contributed by atoms with Crippen LogP contribution in [-0.4, -0.2) is 53.9 Å². The summed E-state index contributed by atoms with van der Waals surface area (Å²) in [5, 5.41) is 1.14. The van der Waals surface area contributed by atoms with Gasteiger partial charge in [0.1, 0.15) is 5.69 Å². The Morgan fingerprint density at radius 1 is 1.16 bits per heavy atom. The van der Waals surface area contributed by atoms with Gasteiger partial charge >= 0.3 is 0 Å². The summed E-state index contributed by atoms with van der Waals surface area (Å²) in [6.45, 7) is 5.53. The summed E-state index contributed by atoms with van der Waals surface area (Å²) in [6.07, 6.45) is 0. The van der Waals surface area contributed by atoms with Gasteiger partial charge in [0.2, 0.25) is 0 Å². The molecule has 100 valence electrons. The van der Waals surface area contributed by atoms with Gasteiger partial charge < -0.3 is 14.8 Å². The van der Waals surface area contributed by atoms with Gasteiger partial charge in [-0.25, -0.2) is 0 Å². The van der Waals surface area contributed by atoms with Gasteiger partial charge in [-0.15, -0.1) is 0 Å². The molecule has 1 amide bonds. The monoisotopic (exact) mass is 257 g/mol. The third-order valence-corrected chi connectivity index (χ3v) is 3.97. The first kappa shape index (κ1) is 12.2. The lowest BCUT2D eigenvalue weighted by Crippen LogP contribution is -2.47. The lowest BCUT2D eigenvalue weighted by atomic mass is 10.1. The van der Waals surface area contributed by atoms with Crippen molar-refractivity contribution in [3.05, 3.63) is 35.5 Å². The number of carbonyl (C=O) groups is 1. The van der Waals surface area contributed by atoms with E-state index in [4.69, 9.17) is 0 Å². The smallest absolute Gasteiger partial charge is 0.270 e. The number of hydrogen-bond acceptors (Lipinski definition) is 2. The van der Waals surface area contributed by atoms with Crippen LogP contribution in [0, 0.1) is 6.92 Å². The van der Waals surface area contributed by atoms with Crippen LogP contribution in [0.15, 0.2) is 24.3 Å². The number of aromatic nitrogens is 1. The lowest BCUT2D eigenvalue weighted by molar-refractivity contribution is 0.0658. The number of para-hydroxylation sites is 1. The second-order valence-corrected chi connectivity index (χ2v) is 5.27. The van der Waals surface area contributed by atoms with E-state index < -0.39 is 0 Å². The number of carbonyl (C=O) groups excluding carboxylic acids is 1. The number of rotatable bonds is 1. The largest absolute Gasteiger partial charge is 0.350 e. The van der Waals surface area contributed by atoms with E-state index in [1.54, 1.807) is 0 Å². The molecule has 1 aromatic carbocycles. The maximum Gasteiger partial charge on any atom is 0.270 e. The van der Waals surface area contributed by atoms with E-state index in [2.05, 4.69) is 23.0 Å². The highest BCUT2D eigenvalue weighted by Crippen LogP contribution is 2.22. The highest BCUT2D eigenvalue weighted by molar-refractivity contribution is 6.00. The molecular formula is C15H19N3O. The average molecular weight is 257 g/mol. The number of aryl methyl sites for hydroxylation is 1. The summed E-state index contributed by atoms with van der Waals surface area (Å²) in [6, 6.07) is 8.07. The van der Waals surface area contributed by atoms with Gasteiger partial charge in [-0.05, 0) is 25.6 Å². The number of amides is 1. The molecule has 0 aliphatic carbocycles. The van der Waals surface area contributed by atoms with Crippen molar-refractivity contribution in [1.82, 2.24) is 14.8 Å². The highest BCUT2D eigenvalue weighted by atomic mass is 16.2. The standard InChI is InChI=1S/C15H19N3O/c1-11-12-5-3-4-6-13(12)16-14(11)15(19)18-9-7-17(2)8-10-18/h3-6,16H,7-10H2,1-2H3. The summed E-state index contributed by atoms with van der Waals surface area (Å²) in [5.41, 5.74) is 2.84. The number of nitrogens with one attached hydrogen (secondary N) is 1. The third-order valence-electron chi connectivity index (χ3n) is 3.97. The van der Waals surface area contributed by atoms with Crippen molar-refractivity contribution in [2.24, 2.45) is 0 Å². The molecule has 1 aliphatic rings. The number of fused-ring (bicyclic) bond motifs is 1. The summed E-state index contributed by atoms with van der Waals surface area (Å²) in [5.74, 6) is 0.127. The molecule has 1 aromatic heterocycles. The van der Waals surface area contributed by atoms with Crippen molar-refractivity contribution < 1.29 is 4.79 Å². The van der Waals surface area contributed by atoms with Crippen LogP contribution in [0.4, 0.5) is 0 Å². The van der Waals surface area contributed by atoms with Gasteiger partial charge in [-0.1, -0.05) is 18.2 Å². The van der Waals surface area contributed by atoms with Gasteiger partial charge in [-0.3, -0.25) is 4.79 Å². The average Bonchev–Trinajstić information content (AvgIpc) is 2.77. The first-order valence-electron chi connectivity index (χ1n) is 6.72. The van der Waals surface area contributed by atoms with Crippen molar-refractivity contribution in [2.45, 2.75) is 6.92 Å². The van der Waals surface area contributed by atoms with Crippen LogP contribution < -0.4 is 0 Å². The minimum atomic E-state index is 0.127. The molecule has 1 fully saturated rings. The number of aromatic amines is 1. The van der Waals surface area contributed by atoms with Crippen LogP contribution in [0.5, 0.6) is 0 Å². The summed E-state index contributed by atoms with van der Waals surface area (Å²) >= 11 is 0. The van der Waals surface area contributed by atoms with E-state index in [1.165, 1.54) is 0 Å². The quantitative estimate of drug-likeness (QED) is 0.847. The molecule has 3 rings (SSSR count). The molecule has 4 nitrogen and oxygen atoms in total. The Kier molecular flexibility index (Phi) is 3.03. The van der Waals surface area contributed by atoms with Crippen molar-refractivity contribution in [2.75, 3.05) is 33.2 Å². The normalized spacial score (nSPS) is 17.1. The van der Waals surface area contributed by atoms with Gasteiger partial charge in [0.25, 0.3) is 5.91 Å². The van der Waals surface area contributed by atoms with Crippen LogP contribution in [0.3, 0.4) is 0 Å². The molecule has 1 N–H and O–H groups in total. The Morgan fingerprint density at radius 2 is 1.84 bits per heavy atom. The van der Waals surface area contributed by atoms with Crippen molar-refractivity contribution in [1.29, 1.82) is 0 Å². The summed E-state index contributed by atoms with van der Waals surface area (Å²) < 4.78 is 0. The maximum absolute atomic E-state index is 12.6. The molecule has 19 heavy (non-hydrogen) atoms. The second kappa shape index (κ2) is 4.70. The molecular weight excluding hydrogens is 238 g/mol. The number of H-pyrrole nitrogens is 1. The predicted octanol–water partition coefficient (Wildman–Crippen LogP) is 1.86. The molecule has 0 spiro atoms. The van der Waals surface area contributed by atoms with Gasteiger partial charge in [0.05, 0.1) is 0 Å². The van der Waals surface area contributed by atoms with Crippen molar-refractivity contribution in [3.8, 4) is 0 Å². The lowest BCUT2D eigenvalue weighted by Gasteiger charge is -2.32. The number of likely N-dealkylation sites (N-methyl/N-ethyl adjacent to an activating group) is 1. The van der Waals surface area contributed by atoms with Crippen LogP contribution in [0.2, 0.25) is 0 Å². The minimum absolute atomic E-state index is 0.127. The van der Waals surface area contributed by atoms with Crippen LogP contribution in [-0.2, 0) is 0 Å². The molecule has 0 saturated carbocycles. The zero-order valence-corrected chi connectivity index (χ0v) is 11.4. The first-order valence-corrected chi connectivity index (χ1v) is 6.72. The molecule has 0 unspecified atom stereocenters. The molecule has 0 atom stereocenters. The topological polar surface area (TPSA) is 39.3 Å². The van der Waals surface area contributed by atoms with Crippen LogP contribution in [0.25, 0.3) is 10.9 Å². The fraction of sp³-hybridized carbons (Fsp3) is 0.400. The minimum Gasteiger partial charge on any atom is -0.350 e. The van der Waals surface area contributed by atoms with E-state index in [9.17, 15) is 4.79 Å². The first-order chi connectivity index (χ1) is 9.16. The van der Waals surface area contributed by atoms with Crippen LogP contribution >= 0.6 is 0 Å². The SMILES string of the molecule is Cc1c(C(=O)N2CCN(C)CC2)[nH]c2ccccc12. The Morgan fingerprint density at radius 3 is 2.53 bits per heavy atom. The molecule has 2 aromatic rings. The van der Waals surface area contributed by atoms with E-state index in [0.29, 0.717) is 0 Å². The molecule has 1 aliphatic heterocycles. The highest BCUT2D eigenvalue weighted by Gasteiger charge is 2.23. The van der Waals surface area contributed by atoms with Crippen molar-refractivity contribution in [3.63, 3.8) is 0 Å². The van der Waals surface area contributed by atoms with Gasteiger partial charge in [0.15, 0.2) is 0 Å². The zero-order chi connectivity index (χ0) is 13.4. The van der Waals surface area contributed by atoms with E-state index >= 15 is 0 Å². The van der Waals surface area contributed by atoms with E-state index in [1.807, 2.05) is 30.0 Å². The summed E-state index contributed by atoms with van der Waals surface area (Å²) in [7, 11) is 2.09. The second-order valence-electron chi connectivity index (χ2n) is 5.27. The Balaban J connectivity index is 1.91. The number of nitrogens with zero attached hydrogens (tertiary/aromatic N) is 2. The Hall–Kier alpha value is -1.81. The molecule has 1 saturated heterocycles. The maximum atomic E-state index is 12.6. The third kappa shape index (κ3) is 2.12. The fourth-order valence-corrected chi connectivity index (χ4v) is 2.66. The molecule has 2 heterocycles. The molecule has 0 radical (unpaired) electrons. The van der Waals surface area contributed by atoms with E-state index in [-0.39, 0.29) is 5.91 Å². The molecule has 4 heteroatoms. The Bertz CT molecular complexity index is 609. The number of benzene rings is 1. The Labute approximate surface area is 113 Å². The zero-order valence-electron chi connectivity index (χ0n) is 11.4. The molecule has 0 bridgehead atoms. The van der Waals surface area contributed by atoms with E-state index in [0.717, 1.165) is 48.3 Å². The summed E-state index contributed by atoms with van der Waals surface area (Å²) in [4.78, 5) is 20.0. The van der Waals surface area contributed by atoms with Gasteiger partial charge in [0, 0.05) is 37.1 Å². The predicted molar refractivity (Wildman–Crippen MR) is 76.4 cm³/mol. The fourth-order valence-electron chi connectivity index (χ4n) is 2.66. The van der Waals surface area contributed by atoms with Gasteiger partial charge in [-0.2, -0.15) is 0 Å².